The molecule has 0 N–H and O–H groups in total. The summed E-state index contributed by atoms with van der Waals surface area (Å²) in [5.41, 5.74) is 4.39. The monoisotopic (exact) mass is 290 g/mol. The van der Waals surface area contributed by atoms with E-state index in [-0.39, 0.29) is 0 Å². The second-order valence-corrected chi connectivity index (χ2v) is 9.28. The molecule has 0 saturated carbocycles. The lowest BCUT2D eigenvalue weighted by molar-refractivity contribution is -0.246. The van der Waals surface area contributed by atoms with Crippen LogP contribution < -0.4 is 5.19 Å². The van der Waals surface area contributed by atoms with Crippen LogP contribution in [0.5, 0.6) is 0 Å². The number of carbonyl (C=O) groups excluding carboxylic acids is 1. The van der Waals surface area contributed by atoms with Crippen LogP contribution in [-0.2, 0) is 9.78 Å². The van der Waals surface area contributed by atoms with Gasteiger partial charge in [-0.2, -0.15) is 4.89 Å². The number of hydrogen-bond donors (Lipinski definition) is 0. The number of hydrogen-bond acceptors (Lipinski definition) is 3. The van der Waals surface area contributed by atoms with Crippen molar-refractivity contribution in [3.8, 4) is 0 Å². The zero-order chi connectivity index (χ0) is 15.2. The quantitative estimate of drug-likeness (QED) is 0.439. The van der Waals surface area contributed by atoms with Crippen LogP contribution in [0.1, 0.15) is 24.2 Å². The van der Waals surface area contributed by atoms with Gasteiger partial charge in [0.2, 0.25) is 0 Å². The van der Waals surface area contributed by atoms with Gasteiger partial charge in [-0.3, -0.25) is 4.89 Å². The molecule has 0 amide bonds. The molecule has 3 nitrogen and oxygen atoms in total. The Morgan fingerprint density at radius 3 is 2.25 bits per heavy atom. The molecular weight excluding hydrogens is 268 g/mol. The fraction of sp³-hybridized carbons (Fsp3) is 0.312. The molecule has 0 bridgehead atoms. The number of rotatable bonds is 7. The molecular formula is C16H22O3Si. The summed E-state index contributed by atoms with van der Waals surface area (Å²) in [6.45, 7) is 14.3. The minimum Gasteiger partial charge on any atom is -0.293 e. The van der Waals surface area contributed by atoms with Gasteiger partial charge in [0.25, 0.3) is 0 Å². The first-order valence-corrected chi connectivity index (χ1v) is 9.30. The molecule has 108 valence electrons. The van der Waals surface area contributed by atoms with Gasteiger partial charge in [-0.15, -0.1) is 13.2 Å². The molecule has 0 aliphatic rings. The van der Waals surface area contributed by atoms with Gasteiger partial charge >= 0.3 is 5.97 Å². The second-order valence-electron chi connectivity index (χ2n) is 5.32. The first-order chi connectivity index (χ1) is 9.42. The molecule has 1 aromatic carbocycles. The van der Waals surface area contributed by atoms with E-state index < -0.39 is 14.0 Å². The average Bonchev–Trinajstić information content (AvgIpc) is 2.46. The number of benzene rings is 1. The molecule has 0 saturated heterocycles. The second kappa shape index (κ2) is 7.22. The lowest BCUT2D eigenvalue weighted by Gasteiger charge is -2.19. The Morgan fingerprint density at radius 2 is 1.80 bits per heavy atom. The van der Waals surface area contributed by atoms with Gasteiger partial charge in [0, 0.05) is 0 Å². The van der Waals surface area contributed by atoms with Crippen molar-refractivity contribution in [1.82, 2.24) is 0 Å². The summed E-state index contributed by atoms with van der Waals surface area (Å²) in [7, 11) is -1.83. The van der Waals surface area contributed by atoms with E-state index in [1.54, 1.807) is 12.1 Å². The van der Waals surface area contributed by atoms with Crippen LogP contribution in [-0.4, -0.2) is 20.7 Å². The third kappa shape index (κ3) is 4.18. The first kappa shape index (κ1) is 16.4. The van der Waals surface area contributed by atoms with Crippen LogP contribution in [0.2, 0.25) is 6.55 Å². The standard InChI is InChI=1S/C16H22O3Si/c1-6-20(5,7-2)15-10-8-14(9-11-15)16(17)19-18-12-13(3)4/h6-11,13H,1-2,12H2,3-5H3. The summed E-state index contributed by atoms with van der Waals surface area (Å²) >= 11 is 0. The van der Waals surface area contributed by atoms with E-state index in [0.29, 0.717) is 18.1 Å². The fourth-order valence-electron chi connectivity index (χ4n) is 1.56. The van der Waals surface area contributed by atoms with Gasteiger partial charge in [0.05, 0.1) is 12.2 Å². The Labute approximate surface area is 121 Å². The van der Waals surface area contributed by atoms with Crippen molar-refractivity contribution in [2.24, 2.45) is 5.92 Å². The van der Waals surface area contributed by atoms with E-state index >= 15 is 0 Å². The third-order valence-electron chi connectivity index (χ3n) is 3.13. The van der Waals surface area contributed by atoms with Crippen LogP contribution in [0.3, 0.4) is 0 Å². The van der Waals surface area contributed by atoms with Gasteiger partial charge in [0.15, 0.2) is 0 Å². The van der Waals surface area contributed by atoms with Crippen LogP contribution in [0.25, 0.3) is 0 Å². The van der Waals surface area contributed by atoms with Crippen molar-refractivity contribution in [3.63, 3.8) is 0 Å². The van der Waals surface area contributed by atoms with E-state index in [9.17, 15) is 4.79 Å². The molecule has 0 spiro atoms. The van der Waals surface area contributed by atoms with Gasteiger partial charge in [-0.05, 0) is 18.1 Å². The Hall–Kier alpha value is -1.65. The van der Waals surface area contributed by atoms with Crippen LogP contribution >= 0.6 is 0 Å². The lowest BCUT2D eigenvalue weighted by atomic mass is 10.2. The molecule has 0 aliphatic heterocycles. The SMILES string of the molecule is C=C[Si](C)(C=C)c1ccc(C(=O)OOCC(C)C)cc1. The fourth-order valence-corrected chi connectivity index (χ4v) is 3.08. The van der Waals surface area contributed by atoms with E-state index in [1.165, 1.54) is 0 Å². The maximum absolute atomic E-state index is 11.8. The van der Waals surface area contributed by atoms with Crippen molar-refractivity contribution in [2.75, 3.05) is 6.61 Å². The Kier molecular flexibility index (Phi) is 5.92. The highest BCUT2D eigenvalue weighted by Gasteiger charge is 2.22. The first-order valence-electron chi connectivity index (χ1n) is 6.64. The smallest absolute Gasteiger partial charge is 0.293 e. The highest BCUT2D eigenvalue weighted by molar-refractivity contribution is 6.98. The van der Waals surface area contributed by atoms with Gasteiger partial charge in [-0.25, -0.2) is 4.79 Å². The summed E-state index contributed by atoms with van der Waals surface area (Å²) in [6, 6.07) is 7.34. The van der Waals surface area contributed by atoms with Crippen molar-refractivity contribution < 1.29 is 14.6 Å². The summed E-state index contributed by atoms with van der Waals surface area (Å²) in [5, 5.41) is 1.15. The largest absolute Gasteiger partial charge is 0.373 e. The Balaban J connectivity index is 2.73. The molecule has 4 heteroatoms. The van der Waals surface area contributed by atoms with Gasteiger partial charge < -0.3 is 0 Å². The molecule has 0 atom stereocenters. The minimum atomic E-state index is -1.83. The highest BCUT2D eigenvalue weighted by atomic mass is 28.3. The zero-order valence-corrected chi connectivity index (χ0v) is 13.4. The average molecular weight is 290 g/mol. The molecule has 0 aromatic heterocycles. The van der Waals surface area contributed by atoms with Crippen LogP contribution in [0.15, 0.2) is 48.8 Å². The zero-order valence-electron chi connectivity index (χ0n) is 12.4. The molecule has 1 rings (SSSR count). The molecule has 20 heavy (non-hydrogen) atoms. The number of carbonyl (C=O) groups is 1. The van der Waals surface area contributed by atoms with Crippen molar-refractivity contribution in [2.45, 2.75) is 20.4 Å². The minimum absolute atomic E-state index is 0.317. The van der Waals surface area contributed by atoms with Crippen molar-refractivity contribution >= 4 is 19.2 Å². The van der Waals surface area contributed by atoms with E-state index in [4.69, 9.17) is 9.78 Å². The molecule has 0 fully saturated rings. The molecule has 0 unspecified atom stereocenters. The summed E-state index contributed by atoms with van der Waals surface area (Å²) in [6.07, 6.45) is 0. The maximum Gasteiger partial charge on any atom is 0.373 e. The topological polar surface area (TPSA) is 35.5 Å². The molecule has 0 radical (unpaired) electrons. The Morgan fingerprint density at radius 1 is 1.25 bits per heavy atom. The van der Waals surface area contributed by atoms with E-state index in [2.05, 4.69) is 19.7 Å². The molecule has 1 aromatic rings. The van der Waals surface area contributed by atoms with Crippen LogP contribution in [0.4, 0.5) is 0 Å². The lowest BCUT2D eigenvalue weighted by Crippen LogP contribution is -2.40. The summed E-state index contributed by atoms with van der Waals surface area (Å²) < 4.78 is 0. The predicted molar refractivity (Wildman–Crippen MR) is 84.3 cm³/mol. The van der Waals surface area contributed by atoms with Crippen molar-refractivity contribution in [1.29, 1.82) is 0 Å². The summed E-state index contributed by atoms with van der Waals surface area (Å²) in [4.78, 5) is 21.4. The van der Waals surface area contributed by atoms with E-state index in [0.717, 1.165) is 5.19 Å². The Bertz CT molecular complexity index is 469. The predicted octanol–water partition coefficient (Wildman–Crippen LogP) is 3.17. The van der Waals surface area contributed by atoms with E-state index in [1.807, 2.05) is 37.4 Å². The molecule has 0 heterocycles. The molecule has 0 aliphatic carbocycles. The third-order valence-corrected chi connectivity index (χ3v) is 6.40. The highest BCUT2D eigenvalue weighted by Crippen LogP contribution is 2.09. The van der Waals surface area contributed by atoms with Crippen LogP contribution in [0, 0.1) is 5.92 Å². The van der Waals surface area contributed by atoms with Gasteiger partial charge in [-0.1, -0.05) is 49.1 Å². The normalized spacial score (nSPS) is 11.2. The van der Waals surface area contributed by atoms with Gasteiger partial charge in [0.1, 0.15) is 8.07 Å². The van der Waals surface area contributed by atoms with Crippen molar-refractivity contribution in [3.05, 3.63) is 54.4 Å². The maximum atomic E-state index is 11.8. The summed E-state index contributed by atoms with van der Waals surface area (Å²) in [5.74, 6) is -0.158.